The molecule has 0 atom stereocenters. The number of hydrogen-bond acceptors (Lipinski definition) is 5. The van der Waals surface area contributed by atoms with Crippen molar-refractivity contribution in [3.05, 3.63) is 54.4 Å². The highest BCUT2D eigenvalue weighted by Crippen LogP contribution is 2.25. The monoisotopic (exact) mass is 383 g/mol. The smallest absolute Gasteiger partial charge is 0.257 e. The molecule has 0 unspecified atom stereocenters. The van der Waals surface area contributed by atoms with Crippen molar-refractivity contribution in [2.45, 2.75) is 12.8 Å². The lowest BCUT2D eigenvalue weighted by Crippen LogP contribution is -2.42. The van der Waals surface area contributed by atoms with Gasteiger partial charge >= 0.3 is 0 Å². The molecule has 1 aromatic heterocycles. The van der Waals surface area contributed by atoms with Crippen molar-refractivity contribution < 1.29 is 19.1 Å². The van der Waals surface area contributed by atoms with Gasteiger partial charge in [0.2, 0.25) is 0 Å². The second-order valence-corrected chi connectivity index (χ2v) is 6.72. The number of nitrogens with zero attached hydrogens (tertiary/aromatic N) is 2. The van der Waals surface area contributed by atoms with E-state index in [1.54, 1.807) is 43.8 Å². The van der Waals surface area contributed by atoms with Gasteiger partial charge in [0.1, 0.15) is 0 Å². The number of nitrogens with one attached hydrogen (secondary N) is 1. The number of methoxy groups -OCH3 is 1. The van der Waals surface area contributed by atoms with Crippen LogP contribution in [0.2, 0.25) is 0 Å². The Morgan fingerprint density at radius 1 is 1.14 bits per heavy atom. The molecule has 2 heterocycles. The van der Waals surface area contributed by atoms with Gasteiger partial charge in [-0.25, -0.2) is 0 Å². The zero-order chi connectivity index (χ0) is 19.8. The van der Waals surface area contributed by atoms with Crippen molar-refractivity contribution in [2.75, 3.05) is 33.4 Å². The predicted molar refractivity (Wildman–Crippen MR) is 104 cm³/mol. The molecule has 7 heteroatoms. The summed E-state index contributed by atoms with van der Waals surface area (Å²) in [6, 6.07) is 10.8. The van der Waals surface area contributed by atoms with Crippen molar-refractivity contribution in [3.8, 4) is 11.5 Å². The first-order valence-corrected chi connectivity index (χ1v) is 9.39. The standard InChI is InChI=1S/C21H25N3O4/c1-27-18-6-2-3-7-19(18)28-15-20(25)23-13-16-8-11-24(12-9-16)21(26)17-5-4-10-22-14-17/h2-7,10,14,16H,8-9,11-13,15H2,1H3,(H,23,25). The maximum atomic E-state index is 12.4. The molecule has 3 rings (SSSR count). The highest BCUT2D eigenvalue weighted by atomic mass is 16.5. The fourth-order valence-electron chi connectivity index (χ4n) is 3.20. The number of amides is 2. The number of carbonyl (C=O) groups is 2. The lowest BCUT2D eigenvalue weighted by Gasteiger charge is -2.32. The van der Waals surface area contributed by atoms with Crippen molar-refractivity contribution >= 4 is 11.8 Å². The molecule has 1 fully saturated rings. The van der Waals surface area contributed by atoms with Gasteiger partial charge in [0.15, 0.2) is 18.1 Å². The van der Waals surface area contributed by atoms with E-state index in [4.69, 9.17) is 9.47 Å². The molecule has 0 radical (unpaired) electrons. The molecule has 1 aliphatic rings. The van der Waals surface area contributed by atoms with Gasteiger partial charge in [-0.3, -0.25) is 14.6 Å². The van der Waals surface area contributed by atoms with Crippen LogP contribution in [0.4, 0.5) is 0 Å². The first-order valence-electron chi connectivity index (χ1n) is 9.39. The summed E-state index contributed by atoms with van der Waals surface area (Å²) < 4.78 is 10.7. The summed E-state index contributed by atoms with van der Waals surface area (Å²) in [5, 5.41) is 2.92. The number of likely N-dealkylation sites (tertiary alicyclic amines) is 1. The number of para-hydroxylation sites is 2. The van der Waals surface area contributed by atoms with Crippen LogP contribution in [0.1, 0.15) is 23.2 Å². The Hall–Kier alpha value is -3.09. The maximum Gasteiger partial charge on any atom is 0.257 e. The number of rotatable bonds is 7. The summed E-state index contributed by atoms with van der Waals surface area (Å²) >= 11 is 0. The predicted octanol–water partition coefficient (Wildman–Crippen LogP) is 2.14. The minimum atomic E-state index is -0.167. The van der Waals surface area contributed by atoms with Crippen LogP contribution in [0.15, 0.2) is 48.8 Å². The Balaban J connectivity index is 1.38. The Morgan fingerprint density at radius 2 is 1.89 bits per heavy atom. The average molecular weight is 383 g/mol. The summed E-state index contributed by atoms with van der Waals surface area (Å²) in [7, 11) is 1.56. The van der Waals surface area contributed by atoms with E-state index in [1.807, 2.05) is 17.0 Å². The second-order valence-electron chi connectivity index (χ2n) is 6.72. The van der Waals surface area contributed by atoms with Crippen molar-refractivity contribution in [3.63, 3.8) is 0 Å². The summed E-state index contributed by atoms with van der Waals surface area (Å²) in [6.07, 6.45) is 4.97. The van der Waals surface area contributed by atoms with Crippen LogP contribution in [0.5, 0.6) is 11.5 Å². The van der Waals surface area contributed by atoms with E-state index in [0.717, 1.165) is 12.8 Å². The number of hydrogen-bond donors (Lipinski definition) is 1. The third-order valence-corrected chi connectivity index (χ3v) is 4.83. The van der Waals surface area contributed by atoms with E-state index in [0.29, 0.717) is 42.6 Å². The minimum Gasteiger partial charge on any atom is -0.493 e. The summed E-state index contributed by atoms with van der Waals surface area (Å²) in [5.74, 6) is 1.34. The van der Waals surface area contributed by atoms with Crippen LogP contribution >= 0.6 is 0 Å². The summed E-state index contributed by atoms with van der Waals surface area (Å²) in [6.45, 7) is 1.90. The zero-order valence-corrected chi connectivity index (χ0v) is 16.0. The summed E-state index contributed by atoms with van der Waals surface area (Å²) in [4.78, 5) is 30.3. The zero-order valence-electron chi connectivity index (χ0n) is 16.0. The van der Waals surface area contributed by atoms with Crippen molar-refractivity contribution in [1.82, 2.24) is 15.2 Å². The first-order chi connectivity index (χ1) is 13.7. The molecule has 2 aromatic rings. The largest absolute Gasteiger partial charge is 0.493 e. The van der Waals surface area contributed by atoms with Gasteiger partial charge in [0.25, 0.3) is 11.8 Å². The third kappa shape index (κ3) is 5.22. The SMILES string of the molecule is COc1ccccc1OCC(=O)NCC1CCN(C(=O)c2cccnc2)CC1. The van der Waals surface area contributed by atoms with Crippen molar-refractivity contribution in [2.24, 2.45) is 5.92 Å². The van der Waals surface area contributed by atoms with Crippen LogP contribution in [0, 0.1) is 5.92 Å². The van der Waals surface area contributed by atoms with Crippen LogP contribution in [0.25, 0.3) is 0 Å². The maximum absolute atomic E-state index is 12.4. The van der Waals surface area contributed by atoms with Crippen LogP contribution in [-0.2, 0) is 4.79 Å². The number of carbonyl (C=O) groups excluding carboxylic acids is 2. The van der Waals surface area contributed by atoms with E-state index >= 15 is 0 Å². The van der Waals surface area contributed by atoms with Gasteiger partial charge in [-0.15, -0.1) is 0 Å². The molecule has 1 N–H and O–H groups in total. The molecular weight excluding hydrogens is 358 g/mol. The molecule has 7 nitrogen and oxygen atoms in total. The molecular formula is C21H25N3O4. The Kier molecular flexibility index (Phi) is 6.84. The van der Waals surface area contributed by atoms with E-state index in [-0.39, 0.29) is 18.4 Å². The molecule has 1 saturated heterocycles. The highest BCUT2D eigenvalue weighted by Gasteiger charge is 2.24. The lowest BCUT2D eigenvalue weighted by molar-refractivity contribution is -0.123. The average Bonchev–Trinajstić information content (AvgIpc) is 2.77. The molecule has 0 saturated carbocycles. The van der Waals surface area contributed by atoms with E-state index < -0.39 is 0 Å². The van der Waals surface area contributed by atoms with E-state index in [2.05, 4.69) is 10.3 Å². The van der Waals surface area contributed by atoms with Crippen LogP contribution in [0.3, 0.4) is 0 Å². The quantitative estimate of drug-likeness (QED) is 0.792. The second kappa shape index (κ2) is 9.73. The highest BCUT2D eigenvalue weighted by molar-refractivity contribution is 5.93. The van der Waals surface area contributed by atoms with Gasteiger partial charge in [0, 0.05) is 32.0 Å². The van der Waals surface area contributed by atoms with Crippen molar-refractivity contribution in [1.29, 1.82) is 0 Å². The fraction of sp³-hybridized carbons (Fsp3) is 0.381. The topological polar surface area (TPSA) is 80.8 Å². The molecule has 0 aliphatic carbocycles. The van der Waals surface area contributed by atoms with Crippen LogP contribution in [-0.4, -0.2) is 55.0 Å². The number of pyridine rings is 1. The number of ether oxygens (including phenoxy) is 2. The van der Waals surface area contributed by atoms with Gasteiger partial charge < -0.3 is 19.7 Å². The Morgan fingerprint density at radius 3 is 2.57 bits per heavy atom. The molecule has 0 bridgehead atoms. The fourth-order valence-corrected chi connectivity index (χ4v) is 3.20. The molecule has 1 aliphatic heterocycles. The van der Waals surface area contributed by atoms with Gasteiger partial charge in [0.05, 0.1) is 12.7 Å². The Bertz CT molecular complexity index is 789. The van der Waals surface area contributed by atoms with E-state index in [1.165, 1.54) is 0 Å². The summed E-state index contributed by atoms with van der Waals surface area (Å²) in [5.41, 5.74) is 0.614. The van der Waals surface area contributed by atoms with Gasteiger partial charge in [-0.1, -0.05) is 12.1 Å². The molecule has 1 aromatic carbocycles. The molecule has 28 heavy (non-hydrogen) atoms. The minimum absolute atomic E-state index is 0.0146. The number of piperidine rings is 1. The first kappa shape index (κ1) is 19.7. The number of benzene rings is 1. The van der Waals surface area contributed by atoms with Gasteiger partial charge in [-0.05, 0) is 43.0 Å². The normalized spacial score (nSPS) is 14.4. The van der Waals surface area contributed by atoms with Gasteiger partial charge in [-0.2, -0.15) is 0 Å². The Labute approximate surface area is 164 Å². The van der Waals surface area contributed by atoms with Crippen LogP contribution < -0.4 is 14.8 Å². The lowest BCUT2D eigenvalue weighted by atomic mass is 9.96. The third-order valence-electron chi connectivity index (χ3n) is 4.83. The number of aromatic nitrogens is 1. The molecule has 0 spiro atoms. The van der Waals surface area contributed by atoms with E-state index in [9.17, 15) is 9.59 Å². The molecule has 148 valence electrons. The molecule has 2 amide bonds.